The van der Waals surface area contributed by atoms with Crippen LogP contribution in [0.2, 0.25) is 0 Å². The third kappa shape index (κ3) is 2.96. The maximum atomic E-state index is 10.6. The number of hydrogen-bond donors (Lipinski definition) is 1. The van der Waals surface area contributed by atoms with Crippen LogP contribution in [0.4, 0.5) is 0 Å². The quantitative estimate of drug-likeness (QED) is 0.707. The highest BCUT2D eigenvalue weighted by Gasteiger charge is 2.14. The molecule has 0 saturated carbocycles. The maximum absolute atomic E-state index is 10.6. The zero-order valence-corrected chi connectivity index (χ0v) is 14.1. The summed E-state index contributed by atoms with van der Waals surface area (Å²) in [6.07, 6.45) is 8.00. The van der Waals surface area contributed by atoms with E-state index in [0.717, 1.165) is 46.8 Å². The topological polar surface area (TPSA) is 38.0 Å². The van der Waals surface area contributed by atoms with Crippen molar-refractivity contribution in [1.29, 1.82) is 0 Å². The first-order chi connectivity index (χ1) is 11.1. The summed E-state index contributed by atoms with van der Waals surface area (Å²) in [6, 6.07) is 8.28. The molecular formula is C20H24N2O. The molecule has 0 fully saturated rings. The van der Waals surface area contributed by atoms with Gasteiger partial charge in [-0.3, -0.25) is 4.98 Å². The monoisotopic (exact) mass is 308 g/mol. The lowest BCUT2D eigenvalue weighted by molar-refractivity contribution is 0.365. The van der Waals surface area contributed by atoms with Gasteiger partial charge in [0.05, 0.1) is 0 Å². The zero-order chi connectivity index (χ0) is 16.4. The lowest BCUT2D eigenvalue weighted by Crippen LogP contribution is -2.07. The van der Waals surface area contributed by atoms with E-state index in [-0.39, 0.29) is 0 Å². The molecule has 0 aliphatic rings. The van der Waals surface area contributed by atoms with Crippen LogP contribution in [0.15, 0.2) is 42.9 Å². The van der Waals surface area contributed by atoms with Crippen LogP contribution < -0.4 is 0 Å². The van der Waals surface area contributed by atoms with Gasteiger partial charge in [0.15, 0.2) is 5.88 Å². The number of benzene rings is 1. The molecule has 0 unspecified atom stereocenters. The Balaban J connectivity index is 2.07. The van der Waals surface area contributed by atoms with Crippen LogP contribution in [0.5, 0.6) is 5.88 Å². The van der Waals surface area contributed by atoms with E-state index in [9.17, 15) is 5.11 Å². The first-order valence-electron chi connectivity index (χ1n) is 8.36. The van der Waals surface area contributed by atoms with Gasteiger partial charge in [0.25, 0.3) is 0 Å². The summed E-state index contributed by atoms with van der Waals surface area (Å²) in [5.41, 5.74) is 3.34. The van der Waals surface area contributed by atoms with Gasteiger partial charge in [-0.1, -0.05) is 38.8 Å². The van der Waals surface area contributed by atoms with Gasteiger partial charge in [-0.2, -0.15) is 0 Å². The smallest absolute Gasteiger partial charge is 0.199 e. The van der Waals surface area contributed by atoms with E-state index < -0.39 is 0 Å². The molecule has 2 heterocycles. The Morgan fingerprint density at radius 3 is 2.61 bits per heavy atom. The predicted octanol–water partition coefficient (Wildman–Crippen LogP) is 5.15. The molecule has 1 N–H and O–H groups in total. The van der Waals surface area contributed by atoms with Crippen LogP contribution in [-0.4, -0.2) is 14.7 Å². The standard InChI is InChI=1S/C20H24N2O/c1-4-15(5-2)12-22-13-18-10-17(16-7-6-8-21-11-16)9-14(3)19(18)20(22)23/h6-11,13,15,23H,4-5,12H2,1-3H3. The molecule has 0 atom stereocenters. The zero-order valence-electron chi connectivity index (χ0n) is 14.1. The van der Waals surface area contributed by atoms with E-state index in [1.54, 1.807) is 6.20 Å². The van der Waals surface area contributed by atoms with Gasteiger partial charge in [0.2, 0.25) is 0 Å². The third-order valence-electron chi connectivity index (χ3n) is 4.76. The lowest BCUT2D eigenvalue weighted by Gasteiger charge is -2.13. The van der Waals surface area contributed by atoms with E-state index in [4.69, 9.17) is 0 Å². The average Bonchev–Trinajstić information content (AvgIpc) is 2.89. The minimum atomic E-state index is 0.391. The van der Waals surface area contributed by atoms with Crippen molar-refractivity contribution in [3.05, 3.63) is 48.4 Å². The Bertz CT molecular complexity index is 801. The van der Waals surface area contributed by atoms with Gasteiger partial charge >= 0.3 is 0 Å². The number of aromatic nitrogens is 2. The van der Waals surface area contributed by atoms with Crippen LogP contribution in [0.3, 0.4) is 0 Å². The van der Waals surface area contributed by atoms with Gasteiger partial charge in [-0.25, -0.2) is 0 Å². The van der Waals surface area contributed by atoms with Crippen molar-refractivity contribution >= 4 is 10.8 Å². The van der Waals surface area contributed by atoms with E-state index in [1.807, 2.05) is 16.8 Å². The fourth-order valence-electron chi connectivity index (χ4n) is 3.26. The van der Waals surface area contributed by atoms with Crippen LogP contribution in [-0.2, 0) is 6.54 Å². The number of nitrogens with zero attached hydrogens (tertiary/aromatic N) is 2. The van der Waals surface area contributed by atoms with E-state index in [0.29, 0.717) is 11.8 Å². The molecule has 3 heteroatoms. The molecular weight excluding hydrogens is 284 g/mol. The van der Waals surface area contributed by atoms with Gasteiger partial charge in [-0.15, -0.1) is 0 Å². The second kappa shape index (κ2) is 6.45. The van der Waals surface area contributed by atoms with Crippen molar-refractivity contribution in [2.24, 2.45) is 5.92 Å². The number of pyridine rings is 1. The van der Waals surface area contributed by atoms with Crippen molar-refractivity contribution in [2.75, 3.05) is 0 Å². The Morgan fingerprint density at radius 2 is 1.96 bits per heavy atom. The molecule has 0 saturated heterocycles. The summed E-state index contributed by atoms with van der Waals surface area (Å²) in [5.74, 6) is 0.989. The summed E-state index contributed by atoms with van der Waals surface area (Å²) in [4.78, 5) is 4.20. The molecule has 23 heavy (non-hydrogen) atoms. The van der Waals surface area contributed by atoms with Gasteiger partial charge < -0.3 is 9.67 Å². The normalized spacial score (nSPS) is 11.5. The van der Waals surface area contributed by atoms with Crippen molar-refractivity contribution in [1.82, 2.24) is 9.55 Å². The molecule has 0 amide bonds. The SMILES string of the molecule is CCC(CC)Cn1cc2cc(-c3cccnc3)cc(C)c2c1O. The minimum absolute atomic E-state index is 0.391. The van der Waals surface area contributed by atoms with Crippen LogP contribution in [0.25, 0.3) is 21.9 Å². The second-order valence-electron chi connectivity index (χ2n) is 6.29. The molecule has 3 nitrogen and oxygen atoms in total. The molecule has 0 radical (unpaired) electrons. The molecule has 0 bridgehead atoms. The molecule has 0 spiro atoms. The van der Waals surface area contributed by atoms with Crippen molar-refractivity contribution in [2.45, 2.75) is 40.2 Å². The van der Waals surface area contributed by atoms with Crippen LogP contribution in [0.1, 0.15) is 32.3 Å². The van der Waals surface area contributed by atoms with Crippen molar-refractivity contribution < 1.29 is 5.11 Å². The Morgan fingerprint density at radius 1 is 1.17 bits per heavy atom. The lowest BCUT2D eigenvalue weighted by atomic mass is 10.0. The molecule has 0 aliphatic carbocycles. The van der Waals surface area contributed by atoms with Crippen molar-refractivity contribution in [3.63, 3.8) is 0 Å². The summed E-state index contributed by atoms with van der Waals surface area (Å²) in [6.45, 7) is 7.35. The first kappa shape index (κ1) is 15.6. The van der Waals surface area contributed by atoms with E-state index in [2.05, 4.69) is 50.2 Å². The number of hydrogen-bond acceptors (Lipinski definition) is 2. The first-order valence-corrected chi connectivity index (χ1v) is 8.36. The summed E-state index contributed by atoms with van der Waals surface area (Å²) < 4.78 is 2.00. The minimum Gasteiger partial charge on any atom is -0.494 e. The van der Waals surface area contributed by atoms with E-state index >= 15 is 0 Å². The summed E-state index contributed by atoms with van der Waals surface area (Å²) in [5, 5.41) is 12.7. The van der Waals surface area contributed by atoms with Crippen molar-refractivity contribution in [3.8, 4) is 17.0 Å². The highest BCUT2D eigenvalue weighted by atomic mass is 16.3. The number of aryl methyl sites for hydroxylation is 1. The Hall–Kier alpha value is -2.29. The van der Waals surface area contributed by atoms with Crippen LogP contribution in [0, 0.1) is 12.8 Å². The second-order valence-corrected chi connectivity index (χ2v) is 6.29. The Labute approximate surface area is 137 Å². The van der Waals surface area contributed by atoms with Gasteiger partial charge in [0, 0.05) is 41.5 Å². The van der Waals surface area contributed by atoms with Crippen LogP contribution >= 0.6 is 0 Å². The molecule has 0 aliphatic heterocycles. The third-order valence-corrected chi connectivity index (χ3v) is 4.76. The largest absolute Gasteiger partial charge is 0.494 e. The fourth-order valence-corrected chi connectivity index (χ4v) is 3.26. The average molecular weight is 308 g/mol. The summed E-state index contributed by atoms with van der Waals surface area (Å²) >= 11 is 0. The van der Waals surface area contributed by atoms with Gasteiger partial charge in [0.1, 0.15) is 0 Å². The number of rotatable bonds is 5. The predicted molar refractivity (Wildman–Crippen MR) is 95.6 cm³/mol. The highest BCUT2D eigenvalue weighted by molar-refractivity contribution is 5.94. The summed E-state index contributed by atoms with van der Waals surface area (Å²) in [7, 11) is 0. The maximum Gasteiger partial charge on any atom is 0.199 e. The fraction of sp³-hybridized carbons (Fsp3) is 0.350. The molecule has 3 rings (SSSR count). The molecule has 120 valence electrons. The highest BCUT2D eigenvalue weighted by Crippen LogP contribution is 2.35. The Kier molecular flexibility index (Phi) is 4.37. The van der Waals surface area contributed by atoms with E-state index in [1.165, 1.54) is 0 Å². The number of fused-ring (bicyclic) bond motifs is 1. The molecule has 2 aromatic heterocycles. The number of aromatic hydroxyl groups is 1. The van der Waals surface area contributed by atoms with Gasteiger partial charge in [-0.05, 0) is 36.1 Å². The molecule has 1 aromatic carbocycles. The molecule has 3 aromatic rings.